The molecule has 0 aliphatic carbocycles. The first-order valence-corrected chi connectivity index (χ1v) is 6.72. The van der Waals surface area contributed by atoms with Crippen molar-refractivity contribution in [1.29, 1.82) is 0 Å². The number of carbonyl (C=O) groups is 1. The number of hydrogen-bond acceptors (Lipinski definition) is 4. The Morgan fingerprint density at radius 1 is 1.33 bits per heavy atom. The molecule has 2 rings (SSSR count). The Balaban J connectivity index is 2.10. The van der Waals surface area contributed by atoms with Crippen molar-refractivity contribution < 1.29 is 22.3 Å². The van der Waals surface area contributed by atoms with Crippen LogP contribution in [-0.2, 0) is 19.6 Å². The number of ether oxygens (including phenoxy) is 1. The predicted octanol–water partition coefficient (Wildman–Crippen LogP) is 0.619. The van der Waals surface area contributed by atoms with Crippen molar-refractivity contribution in [2.24, 2.45) is 5.92 Å². The normalized spacial score (nSPS) is 17.2. The number of sulfonamides is 1. The summed E-state index contributed by atoms with van der Waals surface area (Å²) in [6.45, 7) is 0.207. The lowest BCUT2D eigenvalue weighted by atomic mass is 10.0. The topological polar surface area (TPSA) is 63.7 Å². The molecule has 7 heteroatoms. The van der Waals surface area contributed by atoms with Gasteiger partial charge < -0.3 is 4.74 Å². The molecule has 1 saturated heterocycles. The molecule has 0 aromatic heterocycles. The van der Waals surface area contributed by atoms with Crippen LogP contribution in [0, 0.1) is 11.7 Å². The van der Waals surface area contributed by atoms with Crippen LogP contribution in [0.25, 0.3) is 0 Å². The van der Waals surface area contributed by atoms with E-state index in [0.717, 1.165) is 12.1 Å². The second kappa shape index (κ2) is 4.66. The van der Waals surface area contributed by atoms with E-state index in [1.54, 1.807) is 0 Å². The van der Waals surface area contributed by atoms with Gasteiger partial charge in [-0.05, 0) is 24.3 Å². The van der Waals surface area contributed by atoms with Crippen molar-refractivity contribution in [3.05, 3.63) is 30.1 Å². The molecule has 1 aromatic carbocycles. The van der Waals surface area contributed by atoms with E-state index < -0.39 is 27.7 Å². The Hall–Kier alpha value is -1.47. The van der Waals surface area contributed by atoms with Crippen molar-refractivity contribution in [2.45, 2.75) is 4.90 Å². The minimum atomic E-state index is -3.63. The highest BCUT2D eigenvalue weighted by Gasteiger charge is 2.40. The van der Waals surface area contributed by atoms with E-state index in [-0.39, 0.29) is 18.0 Å². The Morgan fingerprint density at radius 3 is 2.39 bits per heavy atom. The second-order valence-corrected chi connectivity index (χ2v) is 5.93. The summed E-state index contributed by atoms with van der Waals surface area (Å²) in [5, 5.41) is 0. The third-order valence-electron chi connectivity index (χ3n) is 2.83. The fourth-order valence-corrected chi connectivity index (χ4v) is 3.24. The smallest absolute Gasteiger partial charge is 0.311 e. The summed E-state index contributed by atoms with van der Waals surface area (Å²) in [5.41, 5.74) is 0. The number of halogens is 1. The highest BCUT2D eigenvalue weighted by molar-refractivity contribution is 7.89. The van der Waals surface area contributed by atoms with E-state index in [4.69, 9.17) is 0 Å². The molecule has 1 fully saturated rings. The molecule has 0 unspecified atom stereocenters. The van der Waals surface area contributed by atoms with Crippen LogP contribution >= 0.6 is 0 Å². The summed E-state index contributed by atoms with van der Waals surface area (Å²) in [6.07, 6.45) is 0. The predicted molar refractivity (Wildman–Crippen MR) is 60.7 cm³/mol. The van der Waals surface area contributed by atoms with E-state index >= 15 is 0 Å². The van der Waals surface area contributed by atoms with Gasteiger partial charge in [-0.3, -0.25) is 4.79 Å². The summed E-state index contributed by atoms with van der Waals surface area (Å²) in [6, 6.07) is 4.58. The molecule has 0 spiro atoms. The van der Waals surface area contributed by atoms with Crippen LogP contribution in [-0.4, -0.2) is 38.9 Å². The first-order valence-electron chi connectivity index (χ1n) is 5.28. The zero-order valence-corrected chi connectivity index (χ0v) is 10.5. The van der Waals surface area contributed by atoms with Gasteiger partial charge in [-0.15, -0.1) is 0 Å². The summed E-state index contributed by atoms with van der Waals surface area (Å²) < 4.78 is 42.5. The van der Waals surface area contributed by atoms with Gasteiger partial charge in [0.2, 0.25) is 10.0 Å². The molecule has 18 heavy (non-hydrogen) atoms. The third-order valence-corrected chi connectivity index (χ3v) is 4.68. The number of methoxy groups -OCH3 is 1. The Bertz CT molecular complexity index is 549. The van der Waals surface area contributed by atoms with Gasteiger partial charge in [-0.25, -0.2) is 12.8 Å². The molecular weight excluding hydrogens is 261 g/mol. The zero-order chi connectivity index (χ0) is 13.3. The van der Waals surface area contributed by atoms with Gasteiger partial charge in [0.25, 0.3) is 0 Å². The number of nitrogens with zero attached hydrogens (tertiary/aromatic N) is 1. The van der Waals surface area contributed by atoms with Gasteiger partial charge in [0.05, 0.1) is 17.9 Å². The van der Waals surface area contributed by atoms with Gasteiger partial charge in [0.15, 0.2) is 0 Å². The van der Waals surface area contributed by atoms with Gasteiger partial charge in [0.1, 0.15) is 5.82 Å². The summed E-state index contributed by atoms with van der Waals surface area (Å²) >= 11 is 0. The first kappa shape index (κ1) is 13.0. The maximum absolute atomic E-state index is 12.7. The van der Waals surface area contributed by atoms with Crippen LogP contribution in [0.5, 0.6) is 0 Å². The van der Waals surface area contributed by atoms with Gasteiger partial charge in [0, 0.05) is 13.1 Å². The molecule has 1 aromatic rings. The average molecular weight is 273 g/mol. The molecule has 5 nitrogen and oxygen atoms in total. The van der Waals surface area contributed by atoms with Crippen molar-refractivity contribution in [2.75, 3.05) is 20.2 Å². The monoisotopic (exact) mass is 273 g/mol. The SMILES string of the molecule is COC(=O)C1CN(S(=O)(=O)c2ccc(F)cc2)C1. The molecule has 98 valence electrons. The zero-order valence-electron chi connectivity index (χ0n) is 9.67. The lowest BCUT2D eigenvalue weighted by molar-refractivity contribution is -0.149. The number of benzene rings is 1. The van der Waals surface area contributed by atoms with Crippen LogP contribution in [0.3, 0.4) is 0 Å². The standard InChI is InChI=1S/C11H12FNO4S/c1-17-11(14)8-6-13(7-8)18(15,16)10-4-2-9(12)3-5-10/h2-5,8H,6-7H2,1H3. The van der Waals surface area contributed by atoms with Crippen molar-refractivity contribution in [3.8, 4) is 0 Å². The van der Waals surface area contributed by atoms with Gasteiger partial charge >= 0.3 is 5.97 Å². The largest absolute Gasteiger partial charge is 0.469 e. The van der Waals surface area contributed by atoms with E-state index in [2.05, 4.69) is 4.74 Å². The van der Waals surface area contributed by atoms with Crippen molar-refractivity contribution >= 4 is 16.0 Å². The highest BCUT2D eigenvalue weighted by atomic mass is 32.2. The van der Waals surface area contributed by atoms with Crippen LogP contribution in [0.1, 0.15) is 0 Å². The lowest BCUT2D eigenvalue weighted by Gasteiger charge is -2.36. The molecule has 0 amide bonds. The molecule has 0 bridgehead atoms. The molecule has 0 N–H and O–H groups in total. The van der Waals surface area contributed by atoms with Crippen LogP contribution < -0.4 is 0 Å². The van der Waals surface area contributed by atoms with Gasteiger partial charge in [-0.1, -0.05) is 0 Å². The minimum absolute atomic E-state index is 0.0206. The number of rotatable bonds is 3. The fourth-order valence-electron chi connectivity index (χ4n) is 1.71. The second-order valence-electron chi connectivity index (χ2n) is 4.00. The lowest BCUT2D eigenvalue weighted by Crippen LogP contribution is -2.53. The highest BCUT2D eigenvalue weighted by Crippen LogP contribution is 2.25. The van der Waals surface area contributed by atoms with Gasteiger partial charge in [-0.2, -0.15) is 4.31 Å². The van der Waals surface area contributed by atoms with E-state index in [1.165, 1.54) is 23.5 Å². The summed E-state index contributed by atoms with van der Waals surface area (Å²) in [4.78, 5) is 11.2. The number of esters is 1. The molecular formula is C11H12FNO4S. The first-order chi connectivity index (χ1) is 8.45. The van der Waals surface area contributed by atoms with E-state index in [0.29, 0.717) is 0 Å². The maximum Gasteiger partial charge on any atom is 0.311 e. The Morgan fingerprint density at radius 2 is 1.89 bits per heavy atom. The maximum atomic E-state index is 12.7. The van der Waals surface area contributed by atoms with Crippen LogP contribution in [0.2, 0.25) is 0 Å². The fraction of sp³-hybridized carbons (Fsp3) is 0.364. The summed E-state index contributed by atoms with van der Waals surface area (Å²) in [7, 11) is -2.37. The van der Waals surface area contributed by atoms with Crippen LogP contribution in [0.15, 0.2) is 29.2 Å². The van der Waals surface area contributed by atoms with Crippen molar-refractivity contribution in [3.63, 3.8) is 0 Å². The van der Waals surface area contributed by atoms with Crippen LogP contribution in [0.4, 0.5) is 4.39 Å². The molecule has 0 saturated carbocycles. The number of hydrogen-bond donors (Lipinski definition) is 0. The molecule has 0 radical (unpaired) electrons. The summed E-state index contributed by atoms with van der Waals surface area (Å²) in [5.74, 6) is -1.32. The third kappa shape index (κ3) is 2.23. The Labute approximate surface area is 104 Å². The molecule has 1 aliphatic rings. The Kier molecular flexibility index (Phi) is 3.36. The molecule has 1 heterocycles. The molecule has 1 aliphatic heterocycles. The minimum Gasteiger partial charge on any atom is -0.469 e. The average Bonchev–Trinajstić information content (AvgIpc) is 2.27. The van der Waals surface area contributed by atoms with Crippen molar-refractivity contribution in [1.82, 2.24) is 4.31 Å². The van der Waals surface area contributed by atoms with E-state index in [9.17, 15) is 17.6 Å². The van der Waals surface area contributed by atoms with E-state index in [1.807, 2.05) is 0 Å². The quantitative estimate of drug-likeness (QED) is 0.757. The number of carbonyl (C=O) groups excluding carboxylic acids is 1. The molecule has 0 atom stereocenters.